The van der Waals surface area contributed by atoms with Crippen LogP contribution in [-0.4, -0.2) is 0 Å². The molecule has 3 rings (SSSR count). The molecule has 0 bridgehead atoms. The Kier molecular flexibility index (Phi) is 5.15. The lowest BCUT2D eigenvalue weighted by molar-refractivity contribution is 0.158. The Morgan fingerprint density at radius 3 is 1.77 bits per heavy atom. The largest absolute Gasteiger partial charge is 0.207 e. The highest BCUT2D eigenvalue weighted by Gasteiger charge is 2.31. The summed E-state index contributed by atoms with van der Waals surface area (Å²) in [6, 6.07) is 4.03. The van der Waals surface area contributed by atoms with Gasteiger partial charge in [0.25, 0.3) is 0 Å². The molecule has 122 valence electrons. The molecule has 0 N–H and O–H groups in total. The molecule has 0 unspecified atom stereocenters. The van der Waals surface area contributed by atoms with Crippen molar-refractivity contribution in [3.05, 3.63) is 35.4 Å². The lowest BCUT2D eigenvalue weighted by atomic mass is 9.68. The Morgan fingerprint density at radius 1 is 0.773 bits per heavy atom. The van der Waals surface area contributed by atoms with Crippen LogP contribution in [0, 0.1) is 29.4 Å². The fraction of sp³-hybridized carbons (Fsp3) is 0.700. The van der Waals surface area contributed by atoms with Gasteiger partial charge in [-0.25, -0.2) is 8.78 Å². The zero-order valence-corrected chi connectivity index (χ0v) is 13.7. The van der Waals surface area contributed by atoms with Crippen LogP contribution in [0.25, 0.3) is 0 Å². The van der Waals surface area contributed by atoms with Gasteiger partial charge in [0.05, 0.1) is 0 Å². The van der Waals surface area contributed by atoms with Crippen molar-refractivity contribution in [2.45, 2.75) is 70.6 Å². The third kappa shape index (κ3) is 3.70. The normalized spacial score (nSPS) is 32.9. The number of halogens is 2. The molecule has 2 aliphatic rings. The van der Waals surface area contributed by atoms with Crippen LogP contribution >= 0.6 is 0 Å². The topological polar surface area (TPSA) is 0 Å². The standard InChI is InChI=1S/C20H28F2/c1-2-14-3-5-15(6-4-14)16-7-9-17(10-8-16)18-11-19(21)13-20(22)12-18/h11-17H,2-10H2,1H3. The molecule has 0 atom stereocenters. The zero-order valence-electron chi connectivity index (χ0n) is 13.7. The van der Waals surface area contributed by atoms with Gasteiger partial charge in [-0.15, -0.1) is 0 Å². The first-order chi connectivity index (χ1) is 10.7. The van der Waals surface area contributed by atoms with E-state index in [2.05, 4.69) is 6.92 Å². The van der Waals surface area contributed by atoms with Gasteiger partial charge in [0, 0.05) is 6.07 Å². The maximum atomic E-state index is 13.4. The Labute approximate surface area is 133 Å². The number of benzene rings is 1. The van der Waals surface area contributed by atoms with Crippen LogP contribution < -0.4 is 0 Å². The number of hydrogen-bond acceptors (Lipinski definition) is 0. The third-order valence-corrected chi connectivity index (χ3v) is 6.26. The van der Waals surface area contributed by atoms with E-state index in [4.69, 9.17) is 0 Å². The molecule has 0 saturated heterocycles. The van der Waals surface area contributed by atoms with Crippen LogP contribution in [0.5, 0.6) is 0 Å². The van der Waals surface area contributed by atoms with Crippen molar-refractivity contribution in [3.63, 3.8) is 0 Å². The summed E-state index contributed by atoms with van der Waals surface area (Å²) in [4.78, 5) is 0. The van der Waals surface area contributed by atoms with Crippen LogP contribution in [0.1, 0.15) is 76.2 Å². The lowest BCUT2D eigenvalue weighted by Crippen LogP contribution is -2.25. The molecule has 22 heavy (non-hydrogen) atoms. The molecule has 2 fully saturated rings. The summed E-state index contributed by atoms with van der Waals surface area (Å²) in [7, 11) is 0. The molecule has 1 aromatic rings. The highest BCUT2D eigenvalue weighted by atomic mass is 19.1. The second-order valence-electron chi connectivity index (χ2n) is 7.50. The summed E-state index contributed by atoms with van der Waals surface area (Å²) in [5.41, 5.74) is 0.866. The maximum Gasteiger partial charge on any atom is 0.126 e. The van der Waals surface area contributed by atoms with Gasteiger partial charge < -0.3 is 0 Å². The average molecular weight is 306 g/mol. The van der Waals surface area contributed by atoms with Gasteiger partial charge in [-0.1, -0.05) is 26.2 Å². The van der Waals surface area contributed by atoms with Crippen molar-refractivity contribution >= 4 is 0 Å². The first-order valence-corrected chi connectivity index (χ1v) is 9.11. The minimum absolute atomic E-state index is 0.355. The van der Waals surface area contributed by atoms with Crippen LogP contribution in [0.15, 0.2) is 18.2 Å². The Morgan fingerprint density at radius 2 is 1.27 bits per heavy atom. The molecular formula is C20H28F2. The van der Waals surface area contributed by atoms with E-state index in [0.717, 1.165) is 42.2 Å². The van der Waals surface area contributed by atoms with Crippen LogP contribution in [0.4, 0.5) is 8.78 Å². The van der Waals surface area contributed by atoms with Gasteiger partial charge in [0.1, 0.15) is 11.6 Å². The Balaban J connectivity index is 1.54. The quantitative estimate of drug-likeness (QED) is 0.601. The van der Waals surface area contributed by atoms with Crippen molar-refractivity contribution in [2.24, 2.45) is 17.8 Å². The van der Waals surface area contributed by atoms with E-state index in [1.807, 2.05) is 0 Å². The summed E-state index contributed by atoms with van der Waals surface area (Å²) in [6.45, 7) is 2.31. The lowest BCUT2D eigenvalue weighted by Gasteiger charge is -2.38. The number of hydrogen-bond donors (Lipinski definition) is 0. The highest BCUT2D eigenvalue weighted by molar-refractivity contribution is 5.22. The van der Waals surface area contributed by atoms with E-state index < -0.39 is 11.6 Å². The molecule has 0 spiro atoms. The van der Waals surface area contributed by atoms with E-state index in [-0.39, 0.29) is 0 Å². The smallest absolute Gasteiger partial charge is 0.126 e. The third-order valence-electron chi connectivity index (χ3n) is 6.26. The predicted molar refractivity (Wildman–Crippen MR) is 86.8 cm³/mol. The van der Waals surface area contributed by atoms with Gasteiger partial charge in [-0.05, 0) is 79.9 Å². The molecule has 0 nitrogen and oxygen atoms in total. The van der Waals surface area contributed by atoms with Crippen LogP contribution in [-0.2, 0) is 0 Å². The van der Waals surface area contributed by atoms with Gasteiger partial charge in [-0.2, -0.15) is 0 Å². The molecule has 0 amide bonds. The maximum absolute atomic E-state index is 13.4. The Hall–Kier alpha value is -0.920. The van der Waals surface area contributed by atoms with E-state index in [1.54, 1.807) is 0 Å². The van der Waals surface area contributed by atoms with Gasteiger partial charge >= 0.3 is 0 Å². The second kappa shape index (κ2) is 7.10. The van der Waals surface area contributed by atoms with Crippen LogP contribution in [0.3, 0.4) is 0 Å². The predicted octanol–water partition coefficient (Wildman–Crippen LogP) is 6.46. The second-order valence-corrected chi connectivity index (χ2v) is 7.50. The molecular weight excluding hydrogens is 278 g/mol. The van der Waals surface area contributed by atoms with E-state index in [1.165, 1.54) is 57.1 Å². The molecule has 0 heterocycles. The molecule has 0 radical (unpaired) electrons. The van der Waals surface area contributed by atoms with Crippen LogP contribution in [0.2, 0.25) is 0 Å². The number of rotatable bonds is 3. The first kappa shape index (κ1) is 16.0. The minimum Gasteiger partial charge on any atom is -0.207 e. The minimum atomic E-state index is -0.435. The fourth-order valence-electron chi connectivity index (χ4n) is 4.80. The monoisotopic (exact) mass is 306 g/mol. The SMILES string of the molecule is CCC1CCC(C2CCC(c3cc(F)cc(F)c3)CC2)CC1. The zero-order chi connectivity index (χ0) is 15.5. The van der Waals surface area contributed by atoms with Crippen molar-refractivity contribution < 1.29 is 8.78 Å². The van der Waals surface area contributed by atoms with Crippen molar-refractivity contribution in [3.8, 4) is 0 Å². The average Bonchev–Trinajstić information content (AvgIpc) is 2.54. The van der Waals surface area contributed by atoms with E-state index >= 15 is 0 Å². The fourth-order valence-corrected chi connectivity index (χ4v) is 4.80. The molecule has 2 saturated carbocycles. The molecule has 1 aromatic carbocycles. The molecule has 2 heteroatoms. The van der Waals surface area contributed by atoms with Crippen molar-refractivity contribution in [2.75, 3.05) is 0 Å². The summed E-state index contributed by atoms with van der Waals surface area (Å²) in [6.07, 6.45) is 11.7. The van der Waals surface area contributed by atoms with Crippen molar-refractivity contribution in [1.29, 1.82) is 0 Å². The Bertz CT molecular complexity index is 460. The summed E-state index contributed by atoms with van der Waals surface area (Å²) in [5.74, 6) is 2.21. The van der Waals surface area contributed by atoms with Crippen molar-refractivity contribution in [1.82, 2.24) is 0 Å². The van der Waals surface area contributed by atoms with Gasteiger partial charge in [0.2, 0.25) is 0 Å². The summed E-state index contributed by atoms with van der Waals surface area (Å²) < 4.78 is 26.8. The van der Waals surface area contributed by atoms with Gasteiger partial charge in [0.15, 0.2) is 0 Å². The molecule has 0 aliphatic heterocycles. The molecule has 0 aromatic heterocycles. The first-order valence-electron chi connectivity index (χ1n) is 9.11. The van der Waals surface area contributed by atoms with E-state index in [9.17, 15) is 8.78 Å². The highest BCUT2D eigenvalue weighted by Crippen LogP contribution is 2.44. The molecule has 2 aliphatic carbocycles. The summed E-state index contributed by atoms with van der Waals surface area (Å²) in [5, 5.41) is 0. The summed E-state index contributed by atoms with van der Waals surface area (Å²) >= 11 is 0. The van der Waals surface area contributed by atoms with Gasteiger partial charge in [-0.3, -0.25) is 0 Å². The van der Waals surface area contributed by atoms with E-state index in [0.29, 0.717) is 5.92 Å².